The lowest BCUT2D eigenvalue weighted by atomic mass is 9.93. The lowest BCUT2D eigenvalue weighted by molar-refractivity contribution is -0.137. The van der Waals surface area contributed by atoms with E-state index in [1.165, 1.54) is 0 Å². The van der Waals surface area contributed by atoms with Crippen molar-refractivity contribution >= 4 is 17.6 Å². The fourth-order valence-corrected chi connectivity index (χ4v) is 3.85. The Morgan fingerprint density at radius 1 is 1.24 bits per heavy atom. The van der Waals surface area contributed by atoms with Crippen LogP contribution in [0.2, 0.25) is 0 Å². The molecule has 1 saturated carbocycles. The molecule has 0 amide bonds. The molecule has 0 spiro atoms. The molecule has 2 aromatic heterocycles. The Labute approximate surface area is 164 Å². The zero-order valence-corrected chi connectivity index (χ0v) is 15.8. The molecule has 4 heterocycles. The number of hydrogen-bond donors (Lipinski definition) is 2. The highest BCUT2D eigenvalue weighted by atomic mass is 19.4. The highest BCUT2D eigenvalue weighted by Crippen LogP contribution is 2.41. The van der Waals surface area contributed by atoms with Crippen LogP contribution in [0.25, 0.3) is 0 Å². The van der Waals surface area contributed by atoms with Gasteiger partial charge in [-0.2, -0.15) is 23.3 Å². The van der Waals surface area contributed by atoms with Gasteiger partial charge in [0.1, 0.15) is 23.2 Å². The SMILES string of the molecule is Cc1nn(C2CCC2)c2c1O[C@@H]1COC[C@H]1CNc1nc(ncc1C(F)(F)F)N2. The summed E-state index contributed by atoms with van der Waals surface area (Å²) < 4.78 is 53.9. The van der Waals surface area contributed by atoms with E-state index in [2.05, 4.69) is 25.7 Å². The number of aromatic nitrogens is 4. The second-order valence-electron chi connectivity index (χ2n) is 7.71. The van der Waals surface area contributed by atoms with Gasteiger partial charge in [-0.3, -0.25) is 0 Å². The highest BCUT2D eigenvalue weighted by molar-refractivity contribution is 5.62. The summed E-state index contributed by atoms with van der Waals surface area (Å²) in [5.74, 6) is 0.839. The molecule has 156 valence electrons. The summed E-state index contributed by atoms with van der Waals surface area (Å²) in [7, 11) is 0. The Kier molecular flexibility index (Phi) is 4.30. The molecule has 2 N–H and O–H groups in total. The zero-order chi connectivity index (χ0) is 20.2. The average Bonchev–Trinajstić information content (AvgIpc) is 3.17. The smallest absolute Gasteiger partial charge is 0.421 e. The van der Waals surface area contributed by atoms with Crippen molar-refractivity contribution in [2.45, 2.75) is 44.5 Å². The van der Waals surface area contributed by atoms with E-state index < -0.39 is 11.7 Å². The number of rotatable bonds is 1. The number of nitrogens with zero attached hydrogens (tertiary/aromatic N) is 4. The molecule has 2 aliphatic heterocycles. The summed E-state index contributed by atoms with van der Waals surface area (Å²) in [6.45, 7) is 2.87. The maximum atomic E-state index is 13.4. The van der Waals surface area contributed by atoms with E-state index in [4.69, 9.17) is 9.47 Å². The van der Waals surface area contributed by atoms with E-state index in [0.29, 0.717) is 30.5 Å². The van der Waals surface area contributed by atoms with Crippen LogP contribution in [0.3, 0.4) is 0 Å². The number of nitrogens with one attached hydrogen (secondary N) is 2. The lowest BCUT2D eigenvalue weighted by Crippen LogP contribution is -2.31. The van der Waals surface area contributed by atoms with Crippen molar-refractivity contribution in [1.82, 2.24) is 19.7 Å². The molecule has 3 aliphatic rings. The molecule has 1 aliphatic carbocycles. The Hall–Kier alpha value is -2.56. The van der Waals surface area contributed by atoms with E-state index in [9.17, 15) is 13.2 Å². The molecular formula is C18H21F3N6O2. The number of fused-ring (bicyclic) bond motifs is 4. The molecule has 1 saturated heterocycles. The van der Waals surface area contributed by atoms with Crippen LogP contribution < -0.4 is 15.4 Å². The highest BCUT2D eigenvalue weighted by Gasteiger charge is 2.38. The van der Waals surface area contributed by atoms with E-state index in [1.807, 2.05) is 11.6 Å². The first-order chi connectivity index (χ1) is 13.9. The summed E-state index contributed by atoms with van der Waals surface area (Å²) in [6, 6.07) is 0.223. The fourth-order valence-electron chi connectivity index (χ4n) is 3.85. The van der Waals surface area contributed by atoms with E-state index in [-0.39, 0.29) is 36.4 Å². The number of halogens is 3. The van der Waals surface area contributed by atoms with Crippen LogP contribution >= 0.6 is 0 Å². The van der Waals surface area contributed by atoms with Crippen molar-refractivity contribution in [2.75, 3.05) is 30.4 Å². The largest absolute Gasteiger partial charge is 0.482 e. The van der Waals surface area contributed by atoms with Gasteiger partial charge in [0, 0.05) is 18.7 Å². The van der Waals surface area contributed by atoms with Gasteiger partial charge < -0.3 is 20.1 Å². The van der Waals surface area contributed by atoms with E-state index in [1.54, 1.807) is 0 Å². The molecule has 8 nitrogen and oxygen atoms in total. The predicted molar refractivity (Wildman–Crippen MR) is 97.4 cm³/mol. The minimum absolute atomic E-state index is 0.0640. The Morgan fingerprint density at radius 2 is 2.07 bits per heavy atom. The molecule has 2 bridgehead atoms. The standard InChI is InChI=1S/C18H21F3N6O2/c1-9-14-16(27(26-9)11-3-2-4-11)25-17-23-6-12(18(19,20)21)15(24-17)22-5-10-7-28-8-13(10)29-14/h6,10-11,13H,2-5,7-8H2,1H3,(H2,22,23,24,25)/t10-,13-/m1/s1. The van der Waals surface area contributed by atoms with Gasteiger partial charge in [0.2, 0.25) is 5.95 Å². The van der Waals surface area contributed by atoms with Gasteiger partial charge in [-0.25, -0.2) is 9.67 Å². The maximum absolute atomic E-state index is 13.4. The van der Waals surface area contributed by atoms with Gasteiger partial charge in [-0.15, -0.1) is 0 Å². The van der Waals surface area contributed by atoms with Gasteiger partial charge in [-0.1, -0.05) is 0 Å². The predicted octanol–water partition coefficient (Wildman–Crippen LogP) is 3.29. The number of aryl methyl sites for hydroxylation is 1. The fraction of sp³-hybridized carbons (Fsp3) is 0.611. The van der Waals surface area contributed by atoms with Crippen molar-refractivity contribution in [2.24, 2.45) is 5.92 Å². The molecule has 0 unspecified atom stereocenters. The summed E-state index contributed by atoms with van der Waals surface area (Å²) in [4.78, 5) is 8.02. The van der Waals surface area contributed by atoms with Crippen molar-refractivity contribution in [3.8, 4) is 5.75 Å². The lowest BCUT2D eigenvalue weighted by Gasteiger charge is -2.27. The van der Waals surface area contributed by atoms with Crippen LogP contribution in [0.15, 0.2) is 6.20 Å². The normalized spacial score (nSPS) is 24.3. The van der Waals surface area contributed by atoms with Gasteiger partial charge in [0.15, 0.2) is 11.6 Å². The van der Waals surface area contributed by atoms with Crippen LogP contribution in [0, 0.1) is 12.8 Å². The van der Waals surface area contributed by atoms with Gasteiger partial charge >= 0.3 is 6.18 Å². The summed E-state index contributed by atoms with van der Waals surface area (Å²) in [5, 5.41) is 10.5. The Balaban J connectivity index is 1.61. The van der Waals surface area contributed by atoms with Crippen molar-refractivity contribution in [3.05, 3.63) is 17.5 Å². The van der Waals surface area contributed by atoms with Crippen LogP contribution in [0.4, 0.5) is 30.8 Å². The van der Waals surface area contributed by atoms with Crippen molar-refractivity contribution in [3.63, 3.8) is 0 Å². The minimum atomic E-state index is -4.56. The first-order valence-electron chi connectivity index (χ1n) is 9.69. The Morgan fingerprint density at radius 3 is 2.79 bits per heavy atom. The second kappa shape index (κ2) is 6.75. The van der Waals surface area contributed by atoms with Crippen molar-refractivity contribution < 1.29 is 22.6 Å². The zero-order valence-electron chi connectivity index (χ0n) is 15.8. The number of anilines is 3. The summed E-state index contributed by atoms with van der Waals surface area (Å²) in [5.41, 5.74) is -0.188. The molecule has 11 heteroatoms. The number of hydrogen-bond acceptors (Lipinski definition) is 7. The number of alkyl halides is 3. The molecule has 0 radical (unpaired) electrons. The van der Waals surface area contributed by atoms with Crippen LogP contribution in [-0.4, -0.2) is 45.6 Å². The number of ether oxygens (including phenoxy) is 2. The average molecular weight is 410 g/mol. The first-order valence-corrected chi connectivity index (χ1v) is 9.69. The summed E-state index contributed by atoms with van der Waals surface area (Å²) >= 11 is 0. The van der Waals surface area contributed by atoms with E-state index in [0.717, 1.165) is 25.5 Å². The molecule has 2 fully saturated rings. The molecule has 5 rings (SSSR count). The van der Waals surface area contributed by atoms with Gasteiger partial charge in [0.05, 0.1) is 19.3 Å². The third-order valence-corrected chi connectivity index (χ3v) is 5.72. The second-order valence-corrected chi connectivity index (χ2v) is 7.71. The summed E-state index contributed by atoms with van der Waals surface area (Å²) in [6.07, 6.45) is -0.952. The van der Waals surface area contributed by atoms with Crippen LogP contribution in [0.5, 0.6) is 5.75 Å². The molecule has 2 aromatic rings. The first kappa shape index (κ1) is 18.5. The van der Waals surface area contributed by atoms with Crippen LogP contribution in [-0.2, 0) is 10.9 Å². The van der Waals surface area contributed by atoms with E-state index >= 15 is 0 Å². The minimum Gasteiger partial charge on any atom is -0.482 e. The van der Waals surface area contributed by atoms with Gasteiger partial charge in [0.25, 0.3) is 0 Å². The third kappa shape index (κ3) is 3.26. The third-order valence-electron chi connectivity index (χ3n) is 5.72. The molecule has 0 aromatic carbocycles. The topological polar surface area (TPSA) is 86.1 Å². The van der Waals surface area contributed by atoms with Crippen molar-refractivity contribution in [1.29, 1.82) is 0 Å². The molecule has 29 heavy (non-hydrogen) atoms. The van der Waals surface area contributed by atoms with Gasteiger partial charge in [-0.05, 0) is 26.2 Å². The quantitative estimate of drug-likeness (QED) is 0.746. The maximum Gasteiger partial charge on any atom is 0.421 e. The molecule has 2 atom stereocenters. The molecular weight excluding hydrogens is 389 g/mol. The monoisotopic (exact) mass is 410 g/mol. The van der Waals surface area contributed by atoms with Crippen LogP contribution in [0.1, 0.15) is 36.6 Å². The Bertz CT molecular complexity index is 927.